The summed E-state index contributed by atoms with van der Waals surface area (Å²) in [6, 6.07) is 6.83. The number of hydrogen-bond donors (Lipinski definition) is 1. The molecule has 0 aliphatic carbocycles. The zero-order valence-corrected chi connectivity index (χ0v) is 17.0. The molecule has 7 heteroatoms. The zero-order chi connectivity index (χ0) is 20.6. The number of nitrogens with zero attached hydrogens (tertiary/aromatic N) is 1. The first kappa shape index (κ1) is 22.6. The summed E-state index contributed by atoms with van der Waals surface area (Å²) in [6.45, 7) is 9.42. The maximum absolute atomic E-state index is 12.1. The summed E-state index contributed by atoms with van der Waals surface area (Å²) >= 11 is 0. The molecule has 0 spiro atoms. The normalized spacial score (nSPS) is 11.2. The fourth-order valence-electron chi connectivity index (χ4n) is 2.08. The second-order valence-corrected chi connectivity index (χ2v) is 7.68. The minimum absolute atomic E-state index is 0.0990. The molecule has 1 aromatic rings. The van der Waals surface area contributed by atoms with Crippen LogP contribution in [0.2, 0.25) is 0 Å². The Hall–Kier alpha value is -2.41. The predicted molar refractivity (Wildman–Crippen MR) is 102 cm³/mol. The molecule has 0 bridgehead atoms. The van der Waals surface area contributed by atoms with Crippen LogP contribution in [-0.4, -0.2) is 54.5 Å². The Morgan fingerprint density at radius 3 is 2.22 bits per heavy atom. The van der Waals surface area contributed by atoms with E-state index in [1.807, 2.05) is 34.6 Å². The molecule has 0 aliphatic heterocycles. The quantitative estimate of drug-likeness (QED) is 0.701. The van der Waals surface area contributed by atoms with Crippen LogP contribution in [0.4, 0.5) is 0 Å². The minimum atomic E-state index is -0.591. The van der Waals surface area contributed by atoms with Gasteiger partial charge in [0.2, 0.25) is 5.91 Å². The van der Waals surface area contributed by atoms with Crippen LogP contribution >= 0.6 is 0 Å². The van der Waals surface area contributed by atoms with E-state index in [0.29, 0.717) is 12.2 Å². The van der Waals surface area contributed by atoms with E-state index in [-0.39, 0.29) is 24.1 Å². The van der Waals surface area contributed by atoms with Crippen molar-refractivity contribution in [3.8, 4) is 0 Å². The molecule has 0 saturated heterocycles. The lowest BCUT2D eigenvalue weighted by Crippen LogP contribution is -2.46. The van der Waals surface area contributed by atoms with Crippen molar-refractivity contribution in [2.75, 3.05) is 20.2 Å². The van der Waals surface area contributed by atoms with Crippen molar-refractivity contribution in [1.82, 2.24) is 10.2 Å². The van der Waals surface area contributed by atoms with Crippen molar-refractivity contribution in [2.45, 2.75) is 52.9 Å². The summed E-state index contributed by atoms with van der Waals surface area (Å²) in [7, 11) is 1.49. The molecule has 0 heterocycles. The molecule has 0 aromatic heterocycles. The average molecular weight is 378 g/mol. The minimum Gasteiger partial charge on any atom is -0.452 e. The topological polar surface area (TPSA) is 84.9 Å². The zero-order valence-electron chi connectivity index (χ0n) is 17.0. The maximum Gasteiger partial charge on any atom is 0.338 e. The van der Waals surface area contributed by atoms with E-state index in [9.17, 15) is 14.4 Å². The number of carbonyl (C=O) groups excluding carboxylic acids is 3. The van der Waals surface area contributed by atoms with Crippen molar-refractivity contribution >= 4 is 17.8 Å². The third-order valence-corrected chi connectivity index (χ3v) is 3.42. The van der Waals surface area contributed by atoms with Crippen LogP contribution < -0.4 is 5.32 Å². The van der Waals surface area contributed by atoms with Gasteiger partial charge in [0.1, 0.15) is 0 Å². The SMILES string of the molecule is CC(C)OCc1ccc(C(=O)OCC(=O)N(C)CC(=O)NC(C)(C)C)cc1. The number of benzene rings is 1. The second-order valence-electron chi connectivity index (χ2n) is 7.68. The molecule has 2 amide bonds. The summed E-state index contributed by atoms with van der Waals surface area (Å²) in [5, 5.41) is 2.77. The van der Waals surface area contributed by atoms with Crippen LogP contribution in [0.5, 0.6) is 0 Å². The molecular weight excluding hydrogens is 348 g/mol. The average Bonchev–Trinajstić information content (AvgIpc) is 2.56. The number of rotatable bonds is 8. The summed E-state index contributed by atoms with van der Waals surface area (Å²) in [4.78, 5) is 37.2. The second kappa shape index (κ2) is 10.1. The molecule has 0 fully saturated rings. The van der Waals surface area contributed by atoms with Gasteiger partial charge in [0.25, 0.3) is 5.91 Å². The summed E-state index contributed by atoms with van der Waals surface area (Å²) in [5.41, 5.74) is 0.921. The Morgan fingerprint density at radius 1 is 1.11 bits per heavy atom. The van der Waals surface area contributed by atoms with Crippen molar-refractivity contribution in [3.05, 3.63) is 35.4 Å². The lowest BCUT2D eigenvalue weighted by atomic mass is 10.1. The Morgan fingerprint density at radius 2 is 1.70 bits per heavy atom. The van der Waals surface area contributed by atoms with Gasteiger partial charge in [-0.1, -0.05) is 12.1 Å². The maximum atomic E-state index is 12.1. The number of carbonyl (C=O) groups is 3. The Bertz CT molecular complexity index is 647. The smallest absolute Gasteiger partial charge is 0.338 e. The van der Waals surface area contributed by atoms with Gasteiger partial charge in [0.05, 0.1) is 24.8 Å². The summed E-state index contributed by atoms with van der Waals surface area (Å²) in [5.74, 6) is -1.31. The Balaban J connectivity index is 2.46. The molecule has 0 atom stereocenters. The number of amides is 2. The molecule has 150 valence electrons. The molecular formula is C20H30N2O5. The molecule has 0 saturated carbocycles. The van der Waals surface area contributed by atoms with E-state index in [4.69, 9.17) is 9.47 Å². The predicted octanol–water partition coefficient (Wildman–Crippen LogP) is 2.14. The lowest BCUT2D eigenvalue weighted by Gasteiger charge is -2.23. The molecule has 27 heavy (non-hydrogen) atoms. The first-order valence-corrected chi connectivity index (χ1v) is 8.90. The first-order valence-electron chi connectivity index (χ1n) is 8.90. The van der Waals surface area contributed by atoms with E-state index in [2.05, 4.69) is 5.32 Å². The standard InChI is InChI=1S/C20H30N2O5/c1-14(2)26-12-15-7-9-16(10-8-15)19(25)27-13-18(24)22(6)11-17(23)21-20(3,4)5/h7-10,14H,11-13H2,1-6H3,(H,21,23). The molecule has 0 unspecified atom stereocenters. The highest BCUT2D eigenvalue weighted by atomic mass is 16.5. The van der Waals surface area contributed by atoms with Crippen molar-refractivity contribution in [3.63, 3.8) is 0 Å². The van der Waals surface area contributed by atoms with Crippen molar-refractivity contribution in [1.29, 1.82) is 0 Å². The van der Waals surface area contributed by atoms with E-state index in [1.165, 1.54) is 11.9 Å². The highest BCUT2D eigenvalue weighted by Gasteiger charge is 2.19. The van der Waals surface area contributed by atoms with E-state index < -0.39 is 18.5 Å². The monoisotopic (exact) mass is 378 g/mol. The van der Waals surface area contributed by atoms with Gasteiger partial charge in [0.15, 0.2) is 6.61 Å². The molecule has 7 nitrogen and oxygen atoms in total. The molecule has 0 aliphatic rings. The van der Waals surface area contributed by atoms with Gasteiger partial charge in [-0.3, -0.25) is 9.59 Å². The lowest BCUT2D eigenvalue weighted by molar-refractivity contribution is -0.137. The van der Waals surface area contributed by atoms with Gasteiger partial charge in [0, 0.05) is 12.6 Å². The van der Waals surface area contributed by atoms with Crippen molar-refractivity contribution < 1.29 is 23.9 Å². The first-order chi connectivity index (χ1) is 12.5. The number of likely N-dealkylation sites (N-methyl/N-ethyl adjacent to an activating group) is 1. The Kier molecular flexibility index (Phi) is 8.43. The third-order valence-electron chi connectivity index (χ3n) is 3.42. The van der Waals surface area contributed by atoms with Crippen LogP contribution in [0, 0.1) is 0 Å². The largest absolute Gasteiger partial charge is 0.452 e. The number of esters is 1. The van der Waals surface area contributed by atoms with Crippen LogP contribution in [0.25, 0.3) is 0 Å². The number of ether oxygens (including phenoxy) is 2. The van der Waals surface area contributed by atoms with Gasteiger partial charge in [-0.15, -0.1) is 0 Å². The van der Waals surface area contributed by atoms with Crippen LogP contribution in [0.15, 0.2) is 24.3 Å². The molecule has 1 aromatic carbocycles. The van der Waals surface area contributed by atoms with E-state index >= 15 is 0 Å². The Labute approximate surface area is 161 Å². The van der Waals surface area contributed by atoms with Crippen molar-refractivity contribution in [2.24, 2.45) is 0 Å². The van der Waals surface area contributed by atoms with Gasteiger partial charge >= 0.3 is 5.97 Å². The molecule has 1 N–H and O–H groups in total. The number of hydrogen-bond acceptors (Lipinski definition) is 5. The van der Waals surface area contributed by atoms with Crippen LogP contribution in [0.1, 0.15) is 50.5 Å². The van der Waals surface area contributed by atoms with E-state index in [0.717, 1.165) is 5.56 Å². The van der Waals surface area contributed by atoms with Gasteiger partial charge in [-0.25, -0.2) is 4.79 Å². The summed E-state index contributed by atoms with van der Waals surface area (Å²) < 4.78 is 10.5. The van der Waals surface area contributed by atoms with E-state index in [1.54, 1.807) is 24.3 Å². The highest BCUT2D eigenvalue weighted by molar-refractivity contribution is 5.92. The fourth-order valence-corrected chi connectivity index (χ4v) is 2.08. The molecule has 1 rings (SSSR count). The van der Waals surface area contributed by atoms with Crippen LogP contribution in [-0.2, 0) is 25.7 Å². The highest BCUT2D eigenvalue weighted by Crippen LogP contribution is 2.08. The number of nitrogens with one attached hydrogen (secondary N) is 1. The van der Waals surface area contributed by atoms with Gasteiger partial charge in [-0.05, 0) is 52.3 Å². The molecule has 0 radical (unpaired) electrons. The summed E-state index contributed by atoms with van der Waals surface area (Å²) in [6.07, 6.45) is 0.128. The third kappa shape index (κ3) is 9.19. The van der Waals surface area contributed by atoms with Gasteiger partial charge < -0.3 is 19.7 Å². The van der Waals surface area contributed by atoms with Gasteiger partial charge in [-0.2, -0.15) is 0 Å². The fraction of sp³-hybridized carbons (Fsp3) is 0.550. The van der Waals surface area contributed by atoms with Crippen LogP contribution in [0.3, 0.4) is 0 Å².